The number of likely N-dealkylation sites (N-methyl/N-ethyl adjacent to an activating group) is 2. The molecule has 1 rings (SSSR count). The van der Waals surface area contributed by atoms with Gasteiger partial charge in [0, 0.05) is 33.8 Å². The first-order valence-corrected chi connectivity index (χ1v) is 11.8. The highest BCUT2D eigenvalue weighted by Gasteiger charge is 2.16. The quantitative estimate of drug-likeness (QED) is 0.169. The molecule has 0 saturated carbocycles. The Labute approximate surface area is 210 Å². The van der Waals surface area contributed by atoms with E-state index in [9.17, 15) is 0 Å². The van der Waals surface area contributed by atoms with Gasteiger partial charge >= 0.3 is 0 Å². The minimum absolute atomic E-state index is 0.250. The number of pyridine rings is 1. The van der Waals surface area contributed by atoms with Crippen LogP contribution >= 0.6 is 0 Å². The van der Waals surface area contributed by atoms with Crippen molar-refractivity contribution in [1.29, 1.82) is 0 Å². The molecule has 35 heavy (non-hydrogen) atoms. The molecule has 0 aliphatic carbocycles. The van der Waals surface area contributed by atoms with Crippen molar-refractivity contribution in [3.8, 4) is 0 Å². The number of hydrogen-bond acceptors (Lipinski definition) is 9. The summed E-state index contributed by atoms with van der Waals surface area (Å²) in [6.45, 7) is 10.2. The van der Waals surface area contributed by atoms with Crippen molar-refractivity contribution in [2.24, 2.45) is 11.6 Å². The molecule has 0 aromatic carbocycles. The van der Waals surface area contributed by atoms with Crippen LogP contribution in [0.1, 0.15) is 51.4 Å². The van der Waals surface area contributed by atoms with Crippen LogP contribution in [0.3, 0.4) is 0 Å². The number of methoxy groups -OCH3 is 1. The standard InChI is InChI=1S/C22H42N6O.2CH2O2/c1-7-10-14-28(15-16-29-6)20-12-11-19(25-18(20)9-3)22(23)21(27(5)24)17-26(4)13-8-2;2*2-1-3/h11-12H,7-10,13-17,23-24H2,1-6H3;2*1H,(H,2,3)/b22-21-;;. The van der Waals surface area contributed by atoms with Gasteiger partial charge in [0.25, 0.3) is 12.9 Å². The number of nitrogens with zero attached hydrogens (tertiary/aromatic N) is 4. The fraction of sp³-hybridized carbons (Fsp3) is 0.625. The zero-order valence-corrected chi connectivity index (χ0v) is 22.2. The number of nitrogens with two attached hydrogens (primary N) is 2. The SMILES string of the molecule is CCCCN(CCOC)c1ccc(/C(N)=C(\CN(C)CCC)N(C)N)nc1CC.O=CO.O=CO. The zero-order valence-electron chi connectivity index (χ0n) is 22.2. The molecule has 0 bridgehead atoms. The lowest BCUT2D eigenvalue weighted by Crippen LogP contribution is -2.35. The third kappa shape index (κ3) is 14.2. The number of rotatable bonds is 14. The third-order valence-electron chi connectivity index (χ3n) is 5.01. The summed E-state index contributed by atoms with van der Waals surface area (Å²) in [7, 11) is 5.65. The van der Waals surface area contributed by atoms with E-state index >= 15 is 0 Å². The Morgan fingerprint density at radius 2 is 1.66 bits per heavy atom. The number of aryl methyl sites for hydroxylation is 1. The molecular weight excluding hydrogens is 452 g/mol. The van der Waals surface area contributed by atoms with E-state index in [1.807, 2.05) is 13.1 Å². The lowest BCUT2D eigenvalue weighted by Gasteiger charge is -2.27. The first-order chi connectivity index (χ1) is 16.7. The van der Waals surface area contributed by atoms with Crippen LogP contribution in [0.4, 0.5) is 5.69 Å². The van der Waals surface area contributed by atoms with E-state index in [0.29, 0.717) is 18.8 Å². The van der Waals surface area contributed by atoms with Crippen LogP contribution in [0.15, 0.2) is 17.8 Å². The summed E-state index contributed by atoms with van der Waals surface area (Å²) in [5, 5.41) is 15.4. The minimum atomic E-state index is -0.250. The number of carboxylic acid groups (broad SMARTS) is 2. The van der Waals surface area contributed by atoms with Crippen molar-refractivity contribution in [1.82, 2.24) is 14.9 Å². The monoisotopic (exact) mass is 498 g/mol. The van der Waals surface area contributed by atoms with E-state index in [2.05, 4.69) is 43.7 Å². The molecule has 202 valence electrons. The molecule has 0 fully saturated rings. The highest BCUT2D eigenvalue weighted by Crippen LogP contribution is 2.24. The summed E-state index contributed by atoms with van der Waals surface area (Å²) < 4.78 is 5.31. The fourth-order valence-corrected chi connectivity index (χ4v) is 3.35. The Balaban J connectivity index is 0. The fourth-order valence-electron chi connectivity index (χ4n) is 3.35. The Morgan fingerprint density at radius 3 is 2.11 bits per heavy atom. The summed E-state index contributed by atoms with van der Waals surface area (Å²) in [6.07, 6.45) is 4.22. The van der Waals surface area contributed by atoms with Crippen LogP contribution in [0.2, 0.25) is 0 Å². The second kappa shape index (κ2) is 21.6. The van der Waals surface area contributed by atoms with Crippen LogP contribution in [0, 0.1) is 0 Å². The number of carbonyl (C=O) groups is 2. The summed E-state index contributed by atoms with van der Waals surface area (Å²) in [5.74, 6) is 6.10. The summed E-state index contributed by atoms with van der Waals surface area (Å²) in [5.41, 5.74) is 11.0. The van der Waals surface area contributed by atoms with Crippen molar-refractivity contribution in [3.05, 3.63) is 29.2 Å². The lowest BCUT2D eigenvalue weighted by atomic mass is 10.1. The van der Waals surface area contributed by atoms with Gasteiger partial charge in [-0.25, -0.2) is 10.8 Å². The normalized spacial score (nSPS) is 10.9. The summed E-state index contributed by atoms with van der Waals surface area (Å²) >= 11 is 0. The highest BCUT2D eigenvalue weighted by molar-refractivity contribution is 5.65. The van der Waals surface area contributed by atoms with Gasteiger partial charge < -0.3 is 35.5 Å². The van der Waals surface area contributed by atoms with Crippen molar-refractivity contribution in [2.45, 2.75) is 46.5 Å². The number of anilines is 1. The highest BCUT2D eigenvalue weighted by atomic mass is 16.5. The number of hydrogen-bond donors (Lipinski definition) is 4. The number of unbranched alkanes of at least 4 members (excludes halogenated alkanes) is 1. The van der Waals surface area contributed by atoms with Gasteiger partial charge in [0.2, 0.25) is 0 Å². The molecule has 0 atom stereocenters. The van der Waals surface area contributed by atoms with E-state index in [1.165, 1.54) is 5.69 Å². The molecule has 11 heteroatoms. The van der Waals surface area contributed by atoms with E-state index < -0.39 is 0 Å². The topological polar surface area (TPSA) is 158 Å². The Morgan fingerprint density at radius 1 is 1.06 bits per heavy atom. The van der Waals surface area contributed by atoms with Crippen LogP contribution in [-0.4, -0.2) is 92.0 Å². The predicted molar refractivity (Wildman–Crippen MR) is 141 cm³/mol. The van der Waals surface area contributed by atoms with Crippen LogP contribution in [0.25, 0.3) is 5.70 Å². The molecular formula is C24H46N6O5. The molecule has 0 amide bonds. The Kier molecular flexibility index (Phi) is 21.2. The average molecular weight is 499 g/mol. The molecule has 11 nitrogen and oxygen atoms in total. The van der Waals surface area contributed by atoms with Gasteiger partial charge in [-0.2, -0.15) is 0 Å². The van der Waals surface area contributed by atoms with Crippen LogP contribution in [0.5, 0.6) is 0 Å². The average Bonchev–Trinajstić information content (AvgIpc) is 2.83. The van der Waals surface area contributed by atoms with Crippen molar-refractivity contribution < 1.29 is 24.5 Å². The molecule has 0 unspecified atom stereocenters. The van der Waals surface area contributed by atoms with Gasteiger partial charge in [0.05, 0.1) is 35.1 Å². The molecule has 0 saturated heterocycles. The molecule has 0 aliphatic rings. The van der Waals surface area contributed by atoms with E-state index in [1.54, 1.807) is 12.1 Å². The number of aromatic nitrogens is 1. The molecule has 1 heterocycles. The van der Waals surface area contributed by atoms with Gasteiger partial charge in [-0.15, -0.1) is 0 Å². The van der Waals surface area contributed by atoms with Gasteiger partial charge in [-0.05, 0) is 45.0 Å². The van der Waals surface area contributed by atoms with Gasteiger partial charge in [0.1, 0.15) is 0 Å². The van der Waals surface area contributed by atoms with Gasteiger partial charge in [-0.1, -0.05) is 27.2 Å². The van der Waals surface area contributed by atoms with E-state index in [4.69, 9.17) is 41.1 Å². The third-order valence-corrected chi connectivity index (χ3v) is 5.01. The largest absolute Gasteiger partial charge is 0.483 e. The van der Waals surface area contributed by atoms with Crippen molar-refractivity contribution in [3.63, 3.8) is 0 Å². The second-order valence-corrected chi connectivity index (χ2v) is 7.77. The molecule has 1 aromatic heterocycles. The van der Waals surface area contributed by atoms with Gasteiger partial charge in [0.15, 0.2) is 0 Å². The van der Waals surface area contributed by atoms with E-state index in [0.717, 1.165) is 62.4 Å². The smallest absolute Gasteiger partial charge is 0.290 e. The lowest BCUT2D eigenvalue weighted by molar-refractivity contribution is -0.123. The Hall–Kier alpha value is -2.89. The summed E-state index contributed by atoms with van der Waals surface area (Å²) in [4.78, 5) is 26.2. The van der Waals surface area contributed by atoms with Crippen molar-refractivity contribution in [2.75, 3.05) is 58.9 Å². The molecule has 0 aliphatic heterocycles. The number of ether oxygens (including phenoxy) is 1. The first kappa shape index (κ1) is 34.3. The first-order valence-electron chi connectivity index (χ1n) is 11.8. The van der Waals surface area contributed by atoms with E-state index in [-0.39, 0.29) is 12.9 Å². The molecule has 1 aromatic rings. The minimum Gasteiger partial charge on any atom is -0.483 e. The predicted octanol–water partition coefficient (Wildman–Crippen LogP) is 2.07. The number of hydrazine groups is 1. The molecule has 6 N–H and O–H groups in total. The van der Waals surface area contributed by atoms with Gasteiger partial charge in [-0.3, -0.25) is 9.59 Å². The maximum Gasteiger partial charge on any atom is 0.290 e. The molecule has 0 spiro atoms. The Bertz CT molecular complexity index is 716. The van der Waals surface area contributed by atoms with Crippen LogP contribution < -0.4 is 16.5 Å². The summed E-state index contributed by atoms with van der Waals surface area (Å²) in [6, 6.07) is 4.15. The van der Waals surface area contributed by atoms with Crippen molar-refractivity contribution >= 4 is 24.3 Å². The second-order valence-electron chi connectivity index (χ2n) is 7.77. The molecule has 0 radical (unpaired) electrons. The van der Waals surface area contributed by atoms with Crippen LogP contribution in [-0.2, 0) is 20.7 Å². The maximum atomic E-state index is 8.36. The zero-order chi connectivity index (χ0) is 27.2. The maximum absolute atomic E-state index is 8.36.